The van der Waals surface area contributed by atoms with Crippen LogP contribution in [0, 0.1) is 0 Å². The minimum absolute atomic E-state index is 0.253. The van der Waals surface area contributed by atoms with Gasteiger partial charge in [-0.15, -0.1) is 0 Å². The second-order valence-corrected chi connectivity index (χ2v) is 11.8. The van der Waals surface area contributed by atoms with Gasteiger partial charge in [-0.2, -0.15) is 0 Å². The number of ether oxygens (including phenoxy) is 2. The summed E-state index contributed by atoms with van der Waals surface area (Å²) in [6.45, 7) is 4.09. The van der Waals surface area contributed by atoms with Gasteiger partial charge in [0.05, 0.1) is 36.8 Å². The van der Waals surface area contributed by atoms with E-state index in [2.05, 4.69) is 21.2 Å². The first-order valence-corrected chi connectivity index (χ1v) is 15.1. The summed E-state index contributed by atoms with van der Waals surface area (Å²) in [5.74, 6) is 0.337. The molecule has 2 aliphatic rings. The Labute approximate surface area is 259 Å². The molecule has 0 bridgehead atoms. The third kappa shape index (κ3) is 4.78. The van der Waals surface area contributed by atoms with Crippen molar-refractivity contribution >= 4 is 56.0 Å². The topological polar surface area (TPSA) is 102 Å². The number of hydrogen-bond donors (Lipinski definition) is 1. The molecule has 6 rings (SSSR count). The Morgan fingerprint density at radius 1 is 1.05 bits per heavy atom. The van der Waals surface area contributed by atoms with Crippen molar-refractivity contribution in [3.8, 4) is 11.5 Å². The van der Waals surface area contributed by atoms with Gasteiger partial charge >= 0.3 is 0 Å². The van der Waals surface area contributed by atoms with Crippen LogP contribution in [0.2, 0.25) is 0 Å². The standard InChI is InChI=1S/C32H27BrN4O5S/c1-5-36-23-14-11-18(33)15-22(23)26(30(36)39)28-31(40)37-27(21-13-12-20(41-3)16-24(21)42-4)25(17(2)34-32(37)43-28)29(38)35-19-9-7-6-8-10-19/h6-16,27H,5H2,1-4H3,(H,35,38)/b28-26+/t27-/m0/s1. The van der Waals surface area contributed by atoms with E-state index in [1.54, 1.807) is 49.3 Å². The van der Waals surface area contributed by atoms with E-state index in [0.717, 1.165) is 21.5 Å². The number of amides is 2. The van der Waals surface area contributed by atoms with E-state index in [4.69, 9.17) is 14.5 Å². The first-order valence-electron chi connectivity index (χ1n) is 13.5. The summed E-state index contributed by atoms with van der Waals surface area (Å²) in [6, 6.07) is 19.0. The molecule has 4 aromatic rings. The van der Waals surface area contributed by atoms with E-state index in [0.29, 0.717) is 50.9 Å². The average Bonchev–Trinajstić information content (AvgIpc) is 3.47. The number of thiazole rings is 1. The number of halogens is 1. The highest BCUT2D eigenvalue weighted by Gasteiger charge is 2.37. The molecule has 2 aliphatic heterocycles. The molecule has 0 saturated heterocycles. The summed E-state index contributed by atoms with van der Waals surface area (Å²) in [4.78, 5) is 48.9. The fourth-order valence-corrected chi connectivity index (χ4v) is 7.06. The molecular formula is C32H27BrN4O5S. The smallest absolute Gasteiger partial charge is 0.271 e. The zero-order valence-corrected chi connectivity index (χ0v) is 26.2. The fourth-order valence-electron chi connectivity index (χ4n) is 5.56. The van der Waals surface area contributed by atoms with Crippen LogP contribution in [0.5, 0.6) is 11.5 Å². The van der Waals surface area contributed by atoms with Gasteiger partial charge in [0, 0.05) is 33.9 Å². The number of nitrogens with one attached hydrogen (secondary N) is 1. The molecule has 0 unspecified atom stereocenters. The van der Waals surface area contributed by atoms with Crippen LogP contribution >= 0.6 is 27.3 Å². The van der Waals surface area contributed by atoms with Gasteiger partial charge in [-0.1, -0.05) is 45.5 Å². The monoisotopic (exact) mass is 658 g/mol. The highest BCUT2D eigenvalue weighted by molar-refractivity contribution is 9.10. The van der Waals surface area contributed by atoms with Crippen molar-refractivity contribution < 1.29 is 19.1 Å². The van der Waals surface area contributed by atoms with Crippen LogP contribution in [-0.4, -0.2) is 37.1 Å². The summed E-state index contributed by atoms with van der Waals surface area (Å²) in [5.41, 5.74) is 3.22. The Balaban J connectivity index is 1.63. The molecule has 0 saturated carbocycles. The molecule has 3 aromatic carbocycles. The molecule has 0 fully saturated rings. The van der Waals surface area contributed by atoms with Gasteiger partial charge < -0.3 is 19.7 Å². The van der Waals surface area contributed by atoms with Crippen LogP contribution in [0.1, 0.15) is 31.0 Å². The molecule has 1 aromatic heterocycles. The Morgan fingerprint density at radius 2 is 1.81 bits per heavy atom. The van der Waals surface area contributed by atoms with Crippen molar-refractivity contribution in [2.24, 2.45) is 4.99 Å². The molecule has 43 heavy (non-hydrogen) atoms. The SMILES string of the molecule is CCN1C(=O)/C(=c2/sc3n(c2=O)[C@@H](c2ccc(OC)cc2OC)C(C(=O)Nc2ccccc2)=C(C)N=3)c2cc(Br)ccc21. The van der Waals surface area contributed by atoms with Crippen LogP contribution in [0.25, 0.3) is 5.57 Å². The lowest BCUT2D eigenvalue weighted by Crippen LogP contribution is -2.41. The van der Waals surface area contributed by atoms with Gasteiger partial charge in [0.2, 0.25) is 0 Å². The molecule has 0 spiro atoms. The third-order valence-corrected chi connectivity index (χ3v) is 9.08. The van der Waals surface area contributed by atoms with E-state index >= 15 is 0 Å². The normalized spacial score (nSPS) is 16.9. The lowest BCUT2D eigenvalue weighted by Gasteiger charge is -2.26. The van der Waals surface area contributed by atoms with Crippen LogP contribution in [0.4, 0.5) is 11.4 Å². The van der Waals surface area contributed by atoms with Gasteiger partial charge in [-0.05, 0) is 56.3 Å². The highest BCUT2D eigenvalue weighted by atomic mass is 79.9. The zero-order chi connectivity index (χ0) is 30.4. The summed E-state index contributed by atoms with van der Waals surface area (Å²) in [5, 5.41) is 2.95. The van der Waals surface area contributed by atoms with E-state index in [-0.39, 0.29) is 16.0 Å². The number of aromatic nitrogens is 1. The summed E-state index contributed by atoms with van der Waals surface area (Å²) >= 11 is 4.65. The van der Waals surface area contributed by atoms with Crippen molar-refractivity contribution in [3.63, 3.8) is 0 Å². The number of nitrogens with zero attached hydrogens (tertiary/aromatic N) is 3. The number of methoxy groups -OCH3 is 2. The van der Waals surface area contributed by atoms with Gasteiger partial charge in [-0.3, -0.25) is 19.0 Å². The predicted molar refractivity (Wildman–Crippen MR) is 169 cm³/mol. The number of anilines is 2. The van der Waals surface area contributed by atoms with E-state index in [1.807, 2.05) is 43.3 Å². The third-order valence-electron chi connectivity index (χ3n) is 7.53. The molecule has 9 nitrogen and oxygen atoms in total. The molecule has 3 heterocycles. The number of allylic oxidation sites excluding steroid dienone is 1. The quantitative estimate of drug-likeness (QED) is 0.331. The number of fused-ring (bicyclic) bond motifs is 2. The number of carbonyl (C=O) groups excluding carboxylic acids is 2. The Hall–Kier alpha value is -4.48. The minimum atomic E-state index is -0.893. The molecule has 2 amide bonds. The second-order valence-electron chi connectivity index (χ2n) is 9.92. The molecule has 0 aliphatic carbocycles. The average molecular weight is 660 g/mol. The van der Waals surface area contributed by atoms with Crippen LogP contribution < -0.4 is 34.6 Å². The zero-order valence-electron chi connectivity index (χ0n) is 23.8. The molecule has 0 radical (unpaired) electrons. The molecule has 218 valence electrons. The molecular weight excluding hydrogens is 632 g/mol. The van der Waals surface area contributed by atoms with E-state index < -0.39 is 17.5 Å². The lowest BCUT2D eigenvalue weighted by molar-refractivity contribution is -0.114. The fraction of sp³-hybridized carbons (Fsp3) is 0.188. The maximum absolute atomic E-state index is 14.5. The molecule has 11 heteroatoms. The second kappa shape index (κ2) is 11.3. The number of likely N-dealkylation sites (N-methyl/N-ethyl adjacent to an activating group) is 1. The molecule has 1 atom stereocenters. The Bertz CT molecular complexity index is 2020. The van der Waals surface area contributed by atoms with Gasteiger partial charge in [0.1, 0.15) is 22.1 Å². The van der Waals surface area contributed by atoms with E-state index in [9.17, 15) is 14.4 Å². The van der Waals surface area contributed by atoms with Crippen molar-refractivity contribution in [3.05, 3.63) is 113 Å². The minimum Gasteiger partial charge on any atom is -0.497 e. The van der Waals surface area contributed by atoms with Crippen molar-refractivity contribution in [2.75, 3.05) is 31.0 Å². The maximum Gasteiger partial charge on any atom is 0.271 e. The highest BCUT2D eigenvalue weighted by Crippen LogP contribution is 2.39. The maximum atomic E-state index is 14.5. The summed E-state index contributed by atoms with van der Waals surface area (Å²) in [6.07, 6.45) is 0. The predicted octanol–water partition coefficient (Wildman–Crippen LogP) is 4.39. The number of benzene rings is 3. The van der Waals surface area contributed by atoms with Crippen LogP contribution in [-0.2, 0) is 9.59 Å². The lowest BCUT2D eigenvalue weighted by atomic mass is 9.94. The van der Waals surface area contributed by atoms with Gasteiger partial charge in [-0.25, -0.2) is 4.99 Å². The van der Waals surface area contributed by atoms with Gasteiger partial charge in [0.25, 0.3) is 17.4 Å². The van der Waals surface area contributed by atoms with Crippen molar-refractivity contribution in [1.29, 1.82) is 0 Å². The van der Waals surface area contributed by atoms with Crippen LogP contribution in [0.15, 0.2) is 92.3 Å². The largest absolute Gasteiger partial charge is 0.497 e. The Kier molecular flexibility index (Phi) is 7.53. The number of rotatable bonds is 6. The first-order chi connectivity index (χ1) is 20.8. The van der Waals surface area contributed by atoms with Crippen molar-refractivity contribution in [1.82, 2.24) is 4.57 Å². The number of para-hydroxylation sites is 1. The van der Waals surface area contributed by atoms with Crippen molar-refractivity contribution in [2.45, 2.75) is 19.9 Å². The Morgan fingerprint density at radius 3 is 2.51 bits per heavy atom. The number of hydrogen-bond acceptors (Lipinski definition) is 7. The van der Waals surface area contributed by atoms with E-state index in [1.165, 1.54) is 11.7 Å². The first kappa shape index (κ1) is 28.6. The molecule has 1 N–H and O–H groups in total. The van der Waals surface area contributed by atoms with Crippen LogP contribution in [0.3, 0.4) is 0 Å². The number of carbonyl (C=O) groups is 2. The van der Waals surface area contributed by atoms with Gasteiger partial charge in [0.15, 0.2) is 4.80 Å². The summed E-state index contributed by atoms with van der Waals surface area (Å²) < 4.78 is 13.7. The summed E-state index contributed by atoms with van der Waals surface area (Å²) in [7, 11) is 3.08.